The van der Waals surface area contributed by atoms with E-state index in [2.05, 4.69) is 25.2 Å². The van der Waals surface area contributed by atoms with Crippen LogP contribution in [-0.2, 0) is 5.41 Å². The molecule has 0 saturated heterocycles. The van der Waals surface area contributed by atoms with Crippen LogP contribution in [0, 0.1) is 12.3 Å². The van der Waals surface area contributed by atoms with Crippen molar-refractivity contribution in [3.63, 3.8) is 0 Å². The second-order valence-corrected chi connectivity index (χ2v) is 6.41. The lowest BCUT2D eigenvalue weighted by Crippen LogP contribution is -2.45. The van der Waals surface area contributed by atoms with Gasteiger partial charge in [0.15, 0.2) is 0 Å². The van der Waals surface area contributed by atoms with Gasteiger partial charge in [-0.2, -0.15) is 0 Å². The molecule has 1 aliphatic rings. The molecule has 0 unspecified atom stereocenters. The molecule has 1 aromatic heterocycles. The molecule has 3 heteroatoms. The van der Waals surface area contributed by atoms with Gasteiger partial charge in [-0.3, -0.25) is 0 Å². The van der Waals surface area contributed by atoms with Crippen molar-refractivity contribution in [1.29, 1.82) is 0 Å². The first-order valence-electron chi connectivity index (χ1n) is 6.86. The minimum Gasteiger partial charge on any atom is -0.466 e. The number of aliphatic hydroxyl groups excluding tert-OH is 1. The van der Waals surface area contributed by atoms with E-state index in [1.54, 1.807) is 0 Å². The Morgan fingerprint density at radius 1 is 1.39 bits per heavy atom. The highest BCUT2D eigenvalue weighted by Crippen LogP contribution is 2.39. The van der Waals surface area contributed by atoms with Crippen LogP contribution >= 0.6 is 0 Å². The van der Waals surface area contributed by atoms with Crippen LogP contribution in [0.25, 0.3) is 0 Å². The van der Waals surface area contributed by atoms with E-state index in [9.17, 15) is 5.11 Å². The molecule has 2 N–H and O–H groups in total. The molecule has 0 atom stereocenters. The minimum atomic E-state index is -0.00530. The third kappa shape index (κ3) is 2.78. The lowest BCUT2D eigenvalue weighted by atomic mass is 9.69. The van der Waals surface area contributed by atoms with Gasteiger partial charge in [-0.05, 0) is 31.9 Å². The normalized spacial score (nSPS) is 18.7. The lowest BCUT2D eigenvalue weighted by molar-refractivity contribution is 0.0435. The van der Waals surface area contributed by atoms with Crippen molar-refractivity contribution < 1.29 is 9.52 Å². The molecule has 0 bridgehead atoms. The Bertz CT molecular complexity index is 385. The van der Waals surface area contributed by atoms with E-state index in [-0.39, 0.29) is 10.8 Å². The summed E-state index contributed by atoms with van der Waals surface area (Å²) in [5, 5.41) is 12.9. The zero-order valence-electron chi connectivity index (χ0n) is 11.8. The van der Waals surface area contributed by atoms with E-state index in [0.717, 1.165) is 37.5 Å². The highest BCUT2D eigenvalue weighted by Gasteiger charge is 2.36. The Morgan fingerprint density at radius 3 is 2.56 bits per heavy atom. The van der Waals surface area contributed by atoms with E-state index < -0.39 is 0 Å². The number of aryl methyl sites for hydroxylation is 1. The molecule has 1 heterocycles. The number of nitrogens with one attached hydrogen (secondary N) is 1. The van der Waals surface area contributed by atoms with Crippen molar-refractivity contribution in [2.45, 2.75) is 45.4 Å². The van der Waals surface area contributed by atoms with Crippen LogP contribution in [0.3, 0.4) is 0 Å². The Balaban J connectivity index is 1.85. The van der Waals surface area contributed by atoms with Crippen molar-refractivity contribution in [1.82, 2.24) is 5.32 Å². The average molecular weight is 251 g/mol. The Hall–Kier alpha value is -0.800. The predicted octanol–water partition coefficient (Wildman–Crippen LogP) is 2.62. The Morgan fingerprint density at radius 2 is 2.11 bits per heavy atom. The third-order valence-electron chi connectivity index (χ3n) is 4.22. The average Bonchev–Trinajstić information content (AvgIpc) is 2.70. The van der Waals surface area contributed by atoms with Gasteiger partial charge in [0.25, 0.3) is 0 Å². The van der Waals surface area contributed by atoms with Gasteiger partial charge in [0, 0.05) is 30.5 Å². The molecule has 1 aromatic rings. The molecule has 0 aliphatic heterocycles. The van der Waals surface area contributed by atoms with Crippen LogP contribution in [0.1, 0.15) is 44.6 Å². The van der Waals surface area contributed by atoms with Gasteiger partial charge in [0.1, 0.15) is 11.5 Å². The SMILES string of the molecule is Cc1ccc(C(C)(C)CNCC2(CO)CCC2)o1. The minimum absolute atomic E-state index is 0.00530. The summed E-state index contributed by atoms with van der Waals surface area (Å²) in [7, 11) is 0. The molecule has 1 saturated carbocycles. The number of rotatable bonds is 6. The van der Waals surface area contributed by atoms with Gasteiger partial charge in [-0.1, -0.05) is 20.3 Å². The van der Waals surface area contributed by atoms with Crippen molar-refractivity contribution in [3.8, 4) is 0 Å². The fourth-order valence-corrected chi connectivity index (χ4v) is 2.59. The van der Waals surface area contributed by atoms with E-state index in [4.69, 9.17) is 4.42 Å². The molecule has 0 radical (unpaired) electrons. The van der Waals surface area contributed by atoms with Crippen molar-refractivity contribution in [2.75, 3.05) is 19.7 Å². The molecule has 0 amide bonds. The first-order chi connectivity index (χ1) is 8.47. The van der Waals surface area contributed by atoms with E-state index in [1.165, 1.54) is 6.42 Å². The quantitative estimate of drug-likeness (QED) is 0.817. The van der Waals surface area contributed by atoms with Gasteiger partial charge in [-0.15, -0.1) is 0 Å². The van der Waals surface area contributed by atoms with Gasteiger partial charge in [0.2, 0.25) is 0 Å². The zero-order chi connectivity index (χ0) is 13.2. The van der Waals surface area contributed by atoms with Gasteiger partial charge in [0.05, 0.1) is 0 Å². The standard InChI is InChI=1S/C15H25NO2/c1-12-5-6-13(18-12)14(2,3)9-16-10-15(11-17)7-4-8-15/h5-6,16-17H,4,7-11H2,1-3H3. The Kier molecular flexibility index (Phi) is 3.83. The summed E-state index contributed by atoms with van der Waals surface area (Å²) in [5.74, 6) is 1.99. The summed E-state index contributed by atoms with van der Waals surface area (Å²) in [6, 6.07) is 4.07. The fraction of sp³-hybridized carbons (Fsp3) is 0.733. The molecule has 0 aromatic carbocycles. The Labute approximate surface area is 110 Å². The predicted molar refractivity (Wildman–Crippen MR) is 72.7 cm³/mol. The summed E-state index contributed by atoms with van der Waals surface area (Å²) in [5.41, 5.74) is 0.143. The highest BCUT2D eigenvalue weighted by atomic mass is 16.3. The van der Waals surface area contributed by atoms with Gasteiger partial charge < -0.3 is 14.8 Å². The molecular formula is C15H25NO2. The number of furan rings is 1. The largest absolute Gasteiger partial charge is 0.466 e. The second-order valence-electron chi connectivity index (χ2n) is 6.41. The molecule has 1 aliphatic carbocycles. The van der Waals surface area contributed by atoms with Crippen molar-refractivity contribution in [3.05, 3.63) is 23.7 Å². The summed E-state index contributed by atoms with van der Waals surface area (Å²) < 4.78 is 5.71. The van der Waals surface area contributed by atoms with Crippen LogP contribution in [-0.4, -0.2) is 24.8 Å². The maximum atomic E-state index is 9.43. The first kappa shape index (κ1) is 13.6. The lowest BCUT2D eigenvalue weighted by Gasteiger charge is -2.41. The van der Waals surface area contributed by atoms with Crippen LogP contribution in [0.4, 0.5) is 0 Å². The van der Waals surface area contributed by atoms with Crippen LogP contribution in [0.15, 0.2) is 16.5 Å². The van der Waals surface area contributed by atoms with Crippen molar-refractivity contribution in [2.24, 2.45) is 5.41 Å². The summed E-state index contributed by atoms with van der Waals surface area (Å²) in [4.78, 5) is 0. The summed E-state index contributed by atoms with van der Waals surface area (Å²) >= 11 is 0. The molecule has 3 nitrogen and oxygen atoms in total. The molecule has 0 spiro atoms. The number of aliphatic hydroxyl groups is 1. The highest BCUT2D eigenvalue weighted by molar-refractivity contribution is 5.15. The van der Waals surface area contributed by atoms with Crippen LogP contribution in [0.5, 0.6) is 0 Å². The van der Waals surface area contributed by atoms with Crippen LogP contribution < -0.4 is 5.32 Å². The molecule has 2 rings (SSSR count). The van der Waals surface area contributed by atoms with Crippen molar-refractivity contribution >= 4 is 0 Å². The number of hydrogen-bond donors (Lipinski definition) is 2. The fourth-order valence-electron chi connectivity index (χ4n) is 2.59. The van der Waals surface area contributed by atoms with E-state index in [1.807, 2.05) is 13.0 Å². The molecule has 1 fully saturated rings. The molecular weight excluding hydrogens is 226 g/mol. The smallest absolute Gasteiger partial charge is 0.111 e. The van der Waals surface area contributed by atoms with Gasteiger partial charge in [-0.25, -0.2) is 0 Å². The molecule has 18 heavy (non-hydrogen) atoms. The molecule has 102 valence electrons. The summed E-state index contributed by atoms with van der Waals surface area (Å²) in [6.45, 7) is 8.44. The maximum Gasteiger partial charge on any atom is 0.111 e. The van der Waals surface area contributed by atoms with Crippen LogP contribution in [0.2, 0.25) is 0 Å². The topological polar surface area (TPSA) is 45.4 Å². The van der Waals surface area contributed by atoms with E-state index >= 15 is 0 Å². The van der Waals surface area contributed by atoms with E-state index in [0.29, 0.717) is 6.61 Å². The third-order valence-corrected chi connectivity index (χ3v) is 4.22. The summed E-state index contributed by atoms with van der Waals surface area (Å²) in [6.07, 6.45) is 3.55. The zero-order valence-corrected chi connectivity index (χ0v) is 11.8. The monoisotopic (exact) mass is 251 g/mol. The first-order valence-corrected chi connectivity index (χ1v) is 6.86. The maximum absolute atomic E-state index is 9.43. The number of hydrogen-bond acceptors (Lipinski definition) is 3. The second kappa shape index (κ2) is 5.06. The van der Waals surface area contributed by atoms with Gasteiger partial charge >= 0.3 is 0 Å².